The van der Waals surface area contributed by atoms with Gasteiger partial charge < -0.3 is 4.74 Å². The van der Waals surface area contributed by atoms with Crippen molar-refractivity contribution in [2.75, 3.05) is 0 Å². The molecule has 24 heavy (non-hydrogen) atoms. The summed E-state index contributed by atoms with van der Waals surface area (Å²) in [5.74, 6) is -1.42. The quantitative estimate of drug-likeness (QED) is 0.898. The predicted octanol–water partition coefficient (Wildman–Crippen LogP) is 3.10. The molecule has 2 atom stereocenters. The Labute approximate surface area is 144 Å². The predicted molar refractivity (Wildman–Crippen MR) is 92.1 cm³/mol. The van der Waals surface area contributed by atoms with Crippen molar-refractivity contribution >= 4 is 35.0 Å². The maximum Gasteiger partial charge on any atom is 0.242 e. The summed E-state index contributed by atoms with van der Waals surface area (Å²) in [6.45, 7) is 1.29. The van der Waals surface area contributed by atoms with Gasteiger partial charge in [0.15, 0.2) is 0 Å². The molecule has 1 aromatic carbocycles. The average Bonchev–Trinajstić information content (AvgIpc) is 2.55. The molecule has 3 rings (SSSR count). The van der Waals surface area contributed by atoms with Gasteiger partial charge in [0.1, 0.15) is 12.0 Å². The number of benzene rings is 1. The number of imide groups is 1. The molecule has 0 radical (unpaired) electrons. The highest BCUT2D eigenvalue weighted by Gasteiger charge is 2.33. The van der Waals surface area contributed by atoms with E-state index in [-0.39, 0.29) is 12.0 Å². The smallest absolute Gasteiger partial charge is 0.242 e. The highest BCUT2D eigenvalue weighted by Crippen LogP contribution is 2.27. The van der Waals surface area contributed by atoms with Gasteiger partial charge >= 0.3 is 0 Å². The third-order valence-electron chi connectivity index (χ3n) is 3.53. The molecule has 1 aliphatic heterocycles. The lowest BCUT2D eigenvalue weighted by atomic mass is 9.94. The summed E-state index contributed by atoms with van der Waals surface area (Å²) >= 11 is 5.87. The fraction of sp³-hybridized carbons (Fsp3) is 0.167. The molecule has 122 valence electrons. The van der Waals surface area contributed by atoms with Crippen LogP contribution in [0.5, 0.6) is 0 Å². The number of carbonyl (C=O) groups is 2. The van der Waals surface area contributed by atoms with Crippen LogP contribution in [-0.4, -0.2) is 23.8 Å². The molecule has 1 aromatic rings. The lowest BCUT2D eigenvalue weighted by Gasteiger charge is -2.28. The highest BCUT2D eigenvalue weighted by molar-refractivity contribution is 6.30. The molecule has 0 aromatic heterocycles. The SMILES string of the molecule is CC(=O)NC(=O)C1C=C2C=CC=CC2OC1=Nc1ccc(Cl)cc1. The van der Waals surface area contributed by atoms with Gasteiger partial charge in [-0.3, -0.25) is 14.9 Å². The van der Waals surface area contributed by atoms with E-state index in [1.807, 2.05) is 24.3 Å². The van der Waals surface area contributed by atoms with E-state index >= 15 is 0 Å². The summed E-state index contributed by atoms with van der Waals surface area (Å²) in [6.07, 6.45) is 8.97. The van der Waals surface area contributed by atoms with Crippen molar-refractivity contribution in [3.05, 3.63) is 65.2 Å². The van der Waals surface area contributed by atoms with Gasteiger partial charge in [-0.2, -0.15) is 0 Å². The fourth-order valence-electron chi connectivity index (χ4n) is 2.44. The van der Waals surface area contributed by atoms with Crippen LogP contribution in [0.2, 0.25) is 5.02 Å². The zero-order valence-corrected chi connectivity index (χ0v) is 13.7. The minimum atomic E-state index is -0.771. The first-order chi connectivity index (χ1) is 11.5. The molecule has 2 amide bonds. The zero-order chi connectivity index (χ0) is 17.1. The number of allylic oxidation sites excluding steroid dienone is 2. The van der Waals surface area contributed by atoms with Gasteiger partial charge in [0.25, 0.3) is 0 Å². The number of hydrogen-bond acceptors (Lipinski definition) is 4. The molecule has 5 nitrogen and oxygen atoms in total. The van der Waals surface area contributed by atoms with Crippen molar-refractivity contribution in [1.82, 2.24) is 5.32 Å². The Morgan fingerprint density at radius 1 is 1.21 bits per heavy atom. The van der Waals surface area contributed by atoms with Crippen molar-refractivity contribution < 1.29 is 14.3 Å². The Balaban J connectivity index is 1.97. The Kier molecular flexibility index (Phi) is 4.62. The van der Waals surface area contributed by atoms with Gasteiger partial charge in [0.05, 0.1) is 5.69 Å². The van der Waals surface area contributed by atoms with Crippen molar-refractivity contribution in [2.45, 2.75) is 13.0 Å². The van der Waals surface area contributed by atoms with Crippen molar-refractivity contribution in [3.8, 4) is 0 Å². The topological polar surface area (TPSA) is 67.8 Å². The van der Waals surface area contributed by atoms with Crippen LogP contribution in [-0.2, 0) is 14.3 Å². The standard InChI is InChI=1S/C18H15ClN2O3/c1-11(22)20-17(23)15-10-12-4-2-3-5-16(12)24-18(15)21-14-8-6-13(19)7-9-14/h2-10,15-16H,1H3,(H,20,22,23). The monoisotopic (exact) mass is 342 g/mol. The van der Waals surface area contributed by atoms with Gasteiger partial charge in [-0.1, -0.05) is 35.9 Å². The van der Waals surface area contributed by atoms with Gasteiger partial charge in [-0.15, -0.1) is 0 Å². The molecule has 1 aliphatic carbocycles. The summed E-state index contributed by atoms with van der Waals surface area (Å²) in [6, 6.07) is 6.88. The van der Waals surface area contributed by atoms with Crippen LogP contribution >= 0.6 is 11.6 Å². The second-order valence-corrected chi connectivity index (χ2v) is 5.84. The molecule has 1 N–H and O–H groups in total. The van der Waals surface area contributed by atoms with E-state index in [0.29, 0.717) is 10.7 Å². The number of carbonyl (C=O) groups excluding carboxylic acids is 2. The van der Waals surface area contributed by atoms with E-state index in [0.717, 1.165) is 5.57 Å². The largest absolute Gasteiger partial charge is 0.467 e. The van der Waals surface area contributed by atoms with Crippen molar-refractivity contribution in [2.24, 2.45) is 10.9 Å². The molecular formula is C18H15ClN2O3. The summed E-state index contributed by atoms with van der Waals surface area (Å²) in [5, 5.41) is 2.88. The zero-order valence-electron chi connectivity index (χ0n) is 12.9. The Hall–Kier alpha value is -2.66. The van der Waals surface area contributed by atoms with Crippen LogP contribution in [0, 0.1) is 5.92 Å². The summed E-state index contributed by atoms with van der Waals surface area (Å²) in [7, 11) is 0. The molecule has 0 spiro atoms. The van der Waals surface area contributed by atoms with E-state index in [9.17, 15) is 9.59 Å². The lowest BCUT2D eigenvalue weighted by Crippen LogP contribution is -2.41. The number of fused-ring (bicyclic) bond motifs is 1. The number of amides is 2. The number of halogens is 1. The summed E-state index contributed by atoms with van der Waals surface area (Å²) in [5.41, 5.74) is 1.47. The number of rotatable bonds is 2. The maximum atomic E-state index is 12.3. The third-order valence-corrected chi connectivity index (χ3v) is 3.79. The molecule has 0 fully saturated rings. The molecule has 2 unspecified atom stereocenters. The molecule has 0 saturated carbocycles. The Morgan fingerprint density at radius 2 is 1.96 bits per heavy atom. The van der Waals surface area contributed by atoms with E-state index in [1.165, 1.54) is 6.92 Å². The van der Waals surface area contributed by atoms with Crippen LogP contribution < -0.4 is 5.32 Å². The van der Waals surface area contributed by atoms with Crippen LogP contribution in [0.4, 0.5) is 5.69 Å². The molecule has 6 heteroatoms. The van der Waals surface area contributed by atoms with Crippen molar-refractivity contribution in [3.63, 3.8) is 0 Å². The number of aliphatic imine (C=N–C) groups is 1. The number of nitrogens with zero attached hydrogens (tertiary/aromatic N) is 1. The van der Waals surface area contributed by atoms with Gasteiger partial charge in [-0.25, -0.2) is 4.99 Å². The minimum Gasteiger partial charge on any atom is -0.467 e. The number of hydrogen-bond donors (Lipinski definition) is 1. The first-order valence-corrected chi connectivity index (χ1v) is 7.79. The number of ether oxygens (including phenoxy) is 1. The average molecular weight is 343 g/mol. The van der Waals surface area contributed by atoms with Crippen LogP contribution in [0.3, 0.4) is 0 Å². The maximum absolute atomic E-state index is 12.3. The van der Waals surface area contributed by atoms with E-state index in [2.05, 4.69) is 10.3 Å². The Bertz CT molecular complexity index is 791. The molecule has 0 saturated heterocycles. The second-order valence-electron chi connectivity index (χ2n) is 5.40. The first-order valence-electron chi connectivity index (χ1n) is 7.42. The summed E-state index contributed by atoms with van der Waals surface area (Å²) in [4.78, 5) is 28.0. The van der Waals surface area contributed by atoms with Crippen LogP contribution in [0.1, 0.15) is 6.92 Å². The van der Waals surface area contributed by atoms with Crippen molar-refractivity contribution in [1.29, 1.82) is 0 Å². The van der Waals surface area contributed by atoms with E-state index in [4.69, 9.17) is 16.3 Å². The van der Waals surface area contributed by atoms with E-state index in [1.54, 1.807) is 30.3 Å². The molecule has 0 bridgehead atoms. The first kappa shape index (κ1) is 16.2. The van der Waals surface area contributed by atoms with Gasteiger partial charge in [0, 0.05) is 11.9 Å². The molecule has 2 aliphatic rings. The molecule has 1 heterocycles. The van der Waals surface area contributed by atoms with E-state index < -0.39 is 17.7 Å². The minimum absolute atomic E-state index is 0.241. The fourth-order valence-corrected chi connectivity index (χ4v) is 2.57. The Morgan fingerprint density at radius 3 is 2.67 bits per heavy atom. The van der Waals surface area contributed by atoms with Gasteiger partial charge in [0.2, 0.25) is 17.7 Å². The van der Waals surface area contributed by atoms with Gasteiger partial charge in [-0.05, 0) is 35.9 Å². The van der Waals surface area contributed by atoms with Crippen LogP contribution in [0.15, 0.2) is 65.2 Å². The highest BCUT2D eigenvalue weighted by atomic mass is 35.5. The second kappa shape index (κ2) is 6.84. The lowest BCUT2D eigenvalue weighted by molar-refractivity contribution is -0.130. The number of nitrogens with one attached hydrogen (secondary N) is 1. The van der Waals surface area contributed by atoms with Crippen LogP contribution in [0.25, 0.3) is 0 Å². The third kappa shape index (κ3) is 3.63. The molecular weight excluding hydrogens is 328 g/mol. The summed E-state index contributed by atoms with van der Waals surface area (Å²) < 4.78 is 5.88. The normalized spacial score (nSPS) is 23.2.